The first-order chi connectivity index (χ1) is 7.19. The second-order valence-electron chi connectivity index (χ2n) is 3.39. The van der Waals surface area contributed by atoms with Gasteiger partial charge in [0.15, 0.2) is 6.29 Å². The van der Waals surface area contributed by atoms with Crippen molar-refractivity contribution in [2.24, 2.45) is 0 Å². The van der Waals surface area contributed by atoms with E-state index in [9.17, 15) is 0 Å². The summed E-state index contributed by atoms with van der Waals surface area (Å²) in [4.78, 5) is 4.25. The van der Waals surface area contributed by atoms with E-state index in [1.165, 1.54) is 0 Å². The minimum atomic E-state index is -0.229. The molecule has 0 saturated carbocycles. The van der Waals surface area contributed by atoms with Crippen molar-refractivity contribution in [2.75, 3.05) is 14.2 Å². The van der Waals surface area contributed by atoms with Gasteiger partial charge >= 0.3 is 0 Å². The zero-order valence-corrected chi connectivity index (χ0v) is 10.4. The Morgan fingerprint density at radius 3 is 2.47 bits per heavy atom. The van der Waals surface area contributed by atoms with E-state index in [1.54, 1.807) is 25.6 Å². The first kappa shape index (κ1) is 12.6. The third-order valence-corrected chi connectivity index (χ3v) is 3.17. The van der Waals surface area contributed by atoms with Gasteiger partial charge in [0, 0.05) is 25.8 Å². The van der Waals surface area contributed by atoms with E-state index in [0.29, 0.717) is 0 Å². The maximum absolute atomic E-state index is 5.18. The Bertz CT molecular complexity index is 262. The average Bonchev–Trinajstić information content (AvgIpc) is 2.72. The summed E-state index contributed by atoms with van der Waals surface area (Å²) in [5.41, 5.74) is 0. The van der Waals surface area contributed by atoms with Gasteiger partial charge in [0.2, 0.25) is 0 Å². The molecule has 1 heterocycles. The number of methoxy groups -OCH3 is 2. The summed E-state index contributed by atoms with van der Waals surface area (Å²) in [7, 11) is 3.28. The van der Waals surface area contributed by atoms with Crippen LogP contribution in [0.2, 0.25) is 0 Å². The molecule has 0 fully saturated rings. The number of rotatable bonds is 6. The molecule has 0 spiro atoms. The molecule has 1 rings (SSSR count). The van der Waals surface area contributed by atoms with Gasteiger partial charge in [0.1, 0.15) is 5.01 Å². The number of hydrogen-bond donors (Lipinski definition) is 1. The third kappa shape index (κ3) is 3.53. The Hall–Kier alpha value is -0.490. The first-order valence-electron chi connectivity index (χ1n) is 4.90. The van der Waals surface area contributed by atoms with Crippen molar-refractivity contribution in [3.05, 3.63) is 16.6 Å². The Balaban J connectivity index is 2.47. The zero-order valence-electron chi connectivity index (χ0n) is 9.56. The topological polar surface area (TPSA) is 43.4 Å². The number of ether oxygens (including phenoxy) is 2. The fourth-order valence-corrected chi connectivity index (χ4v) is 2.15. The molecule has 4 nitrogen and oxygen atoms in total. The van der Waals surface area contributed by atoms with Crippen molar-refractivity contribution in [1.29, 1.82) is 0 Å². The highest BCUT2D eigenvalue weighted by Crippen LogP contribution is 2.16. The summed E-state index contributed by atoms with van der Waals surface area (Å²) in [6.07, 6.45) is 1.58. The predicted octanol–water partition coefficient (Wildman–Crippen LogP) is 1.80. The molecule has 0 amide bonds. The molecule has 2 unspecified atom stereocenters. The number of hydrogen-bond acceptors (Lipinski definition) is 5. The largest absolute Gasteiger partial charge is 0.354 e. The molecule has 15 heavy (non-hydrogen) atoms. The molecule has 2 atom stereocenters. The van der Waals surface area contributed by atoms with Crippen LogP contribution in [-0.4, -0.2) is 31.5 Å². The van der Waals surface area contributed by atoms with Crippen molar-refractivity contribution in [3.8, 4) is 0 Å². The molecular weight excluding hydrogens is 212 g/mol. The van der Waals surface area contributed by atoms with Crippen molar-refractivity contribution in [1.82, 2.24) is 10.3 Å². The van der Waals surface area contributed by atoms with Crippen LogP contribution in [-0.2, 0) is 9.47 Å². The fraction of sp³-hybridized carbons (Fsp3) is 0.700. The second-order valence-corrected chi connectivity index (χ2v) is 4.31. The monoisotopic (exact) mass is 230 g/mol. The van der Waals surface area contributed by atoms with Gasteiger partial charge in [-0.2, -0.15) is 0 Å². The zero-order chi connectivity index (χ0) is 11.3. The Kier molecular flexibility index (Phi) is 5.17. The van der Waals surface area contributed by atoms with Gasteiger partial charge < -0.3 is 14.8 Å². The molecule has 0 radical (unpaired) electrons. The summed E-state index contributed by atoms with van der Waals surface area (Å²) in [6.45, 7) is 4.11. The van der Waals surface area contributed by atoms with Crippen LogP contribution in [0.15, 0.2) is 11.6 Å². The quantitative estimate of drug-likeness (QED) is 0.757. The van der Waals surface area contributed by atoms with E-state index in [2.05, 4.69) is 17.2 Å². The molecule has 0 aliphatic heterocycles. The van der Waals surface area contributed by atoms with Gasteiger partial charge in [0.25, 0.3) is 0 Å². The van der Waals surface area contributed by atoms with Crippen LogP contribution < -0.4 is 5.32 Å². The maximum Gasteiger partial charge on any atom is 0.171 e. The smallest absolute Gasteiger partial charge is 0.171 e. The molecular formula is C10H18N2O2S. The average molecular weight is 230 g/mol. The summed E-state index contributed by atoms with van der Waals surface area (Å²) in [5.74, 6) is 0. The van der Waals surface area contributed by atoms with E-state index in [1.807, 2.05) is 18.5 Å². The second kappa shape index (κ2) is 6.17. The molecule has 1 aromatic heterocycles. The minimum Gasteiger partial charge on any atom is -0.354 e. The molecule has 1 aromatic rings. The van der Waals surface area contributed by atoms with Crippen LogP contribution in [0, 0.1) is 0 Å². The van der Waals surface area contributed by atoms with E-state index in [0.717, 1.165) is 5.01 Å². The lowest BCUT2D eigenvalue weighted by molar-refractivity contribution is -0.120. The van der Waals surface area contributed by atoms with Crippen molar-refractivity contribution < 1.29 is 9.47 Å². The minimum absolute atomic E-state index is 0.124. The van der Waals surface area contributed by atoms with Gasteiger partial charge in [-0.15, -0.1) is 11.3 Å². The normalized spacial score (nSPS) is 15.5. The van der Waals surface area contributed by atoms with Crippen LogP contribution in [0.5, 0.6) is 0 Å². The first-order valence-corrected chi connectivity index (χ1v) is 5.78. The lowest BCUT2D eigenvalue weighted by Crippen LogP contribution is -2.40. The van der Waals surface area contributed by atoms with Crippen molar-refractivity contribution in [2.45, 2.75) is 32.2 Å². The van der Waals surface area contributed by atoms with Crippen LogP contribution in [0.4, 0.5) is 0 Å². The highest BCUT2D eigenvalue weighted by molar-refractivity contribution is 7.09. The van der Waals surface area contributed by atoms with E-state index >= 15 is 0 Å². The van der Waals surface area contributed by atoms with Crippen molar-refractivity contribution >= 4 is 11.3 Å². The SMILES string of the molecule is COC(OC)C(C)NC(C)c1nccs1. The molecule has 86 valence electrons. The molecule has 0 bridgehead atoms. The number of nitrogens with zero attached hydrogens (tertiary/aromatic N) is 1. The molecule has 5 heteroatoms. The van der Waals surface area contributed by atoms with Crippen molar-refractivity contribution in [3.63, 3.8) is 0 Å². The van der Waals surface area contributed by atoms with Crippen LogP contribution >= 0.6 is 11.3 Å². The number of aromatic nitrogens is 1. The maximum atomic E-state index is 5.18. The van der Waals surface area contributed by atoms with E-state index < -0.39 is 0 Å². The molecule has 0 saturated heterocycles. The van der Waals surface area contributed by atoms with Crippen LogP contribution in [0.1, 0.15) is 24.9 Å². The van der Waals surface area contributed by atoms with Gasteiger partial charge in [-0.05, 0) is 13.8 Å². The predicted molar refractivity (Wildman–Crippen MR) is 60.9 cm³/mol. The standard InChI is InChI=1S/C10H18N2O2S/c1-7(9-11-5-6-15-9)12-8(2)10(13-3)14-4/h5-8,10,12H,1-4H3. The summed E-state index contributed by atoms with van der Waals surface area (Å²) < 4.78 is 10.4. The summed E-state index contributed by atoms with van der Waals surface area (Å²) in [6, 6.07) is 0.340. The molecule has 0 aliphatic rings. The fourth-order valence-electron chi connectivity index (χ4n) is 1.50. The Morgan fingerprint density at radius 2 is 2.00 bits per heavy atom. The van der Waals surface area contributed by atoms with E-state index in [4.69, 9.17) is 9.47 Å². The van der Waals surface area contributed by atoms with Gasteiger partial charge in [0.05, 0.1) is 12.1 Å². The van der Waals surface area contributed by atoms with Crippen LogP contribution in [0.3, 0.4) is 0 Å². The number of thiazole rings is 1. The lowest BCUT2D eigenvalue weighted by Gasteiger charge is -2.24. The number of nitrogens with one attached hydrogen (secondary N) is 1. The summed E-state index contributed by atoms with van der Waals surface area (Å²) >= 11 is 1.64. The lowest BCUT2D eigenvalue weighted by atomic mass is 10.2. The molecule has 0 aromatic carbocycles. The van der Waals surface area contributed by atoms with E-state index in [-0.39, 0.29) is 18.4 Å². The highest BCUT2D eigenvalue weighted by atomic mass is 32.1. The Morgan fingerprint density at radius 1 is 1.33 bits per heavy atom. The summed E-state index contributed by atoms with van der Waals surface area (Å²) in [5, 5.41) is 6.43. The van der Waals surface area contributed by atoms with Crippen LogP contribution in [0.25, 0.3) is 0 Å². The molecule has 0 aliphatic carbocycles. The van der Waals surface area contributed by atoms with Gasteiger partial charge in [-0.1, -0.05) is 0 Å². The van der Waals surface area contributed by atoms with Gasteiger partial charge in [-0.3, -0.25) is 0 Å². The van der Waals surface area contributed by atoms with Gasteiger partial charge in [-0.25, -0.2) is 4.98 Å². The Labute approximate surface area is 94.6 Å². The highest BCUT2D eigenvalue weighted by Gasteiger charge is 2.19. The third-order valence-electron chi connectivity index (χ3n) is 2.21. The molecule has 1 N–H and O–H groups in total.